The predicted octanol–water partition coefficient (Wildman–Crippen LogP) is 3.96. The van der Waals surface area contributed by atoms with Crippen molar-refractivity contribution >= 4 is 11.8 Å². The lowest BCUT2D eigenvalue weighted by molar-refractivity contribution is 0.399. The van der Waals surface area contributed by atoms with Crippen molar-refractivity contribution in [1.29, 1.82) is 0 Å². The molecule has 2 aromatic rings. The minimum absolute atomic E-state index is 0.973. The van der Waals surface area contributed by atoms with Gasteiger partial charge < -0.3 is 9.80 Å². The van der Waals surface area contributed by atoms with Crippen LogP contribution in [0.15, 0.2) is 58.3 Å². The summed E-state index contributed by atoms with van der Waals surface area (Å²) in [6.45, 7) is 1.95. The van der Waals surface area contributed by atoms with Crippen LogP contribution in [-0.2, 0) is 13.1 Å². The molecule has 0 bridgehead atoms. The molecule has 0 N–H and O–H groups in total. The third-order valence-corrected chi connectivity index (χ3v) is 4.19. The van der Waals surface area contributed by atoms with Crippen LogP contribution in [0.25, 0.3) is 0 Å². The molecule has 0 unspecified atom stereocenters. The topological polar surface area (TPSA) is 6.48 Å². The van der Waals surface area contributed by atoms with Gasteiger partial charge in [0.1, 0.15) is 0 Å². The van der Waals surface area contributed by atoms with Gasteiger partial charge in [0, 0.05) is 22.9 Å². The highest BCUT2D eigenvalue weighted by molar-refractivity contribution is 7.99. The lowest BCUT2D eigenvalue weighted by atomic mass is 10.2. The third kappa shape index (κ3) is 5.20. The highest BCUT2D eigenvalue weighted by Gasteiger charge is 2.06. The number of hydrogen-bond acceptors (Lipinski definition) is 3. The fourth-order valence-corrected chi connectivity index (χ4v) is 3.30. The van der Waals surface area contributed by atoms with Crippen LogP contribution >= 0.6 is 11.8 Å². The summed E-state index contributed by atoms with van der Waals surface area (Å²) in [5.74, 6) is 0. The van der Waals surface area contributed by atoms with Gasteiger partial charge in [-0.1, -0.05) is 42.1 Å². The molecule has 0 heterocycles. The van der Waals surface area contributed by atoms with E-state index >= 15 is 0 Å². The Hall–Kier alpha value is -1.29. The van der Waals surface area contributed by atoms with Crippen LogP contribution in [0.5, 0.6) is 0 Å². The van der Waals surface area contributed by atoms with E-state index in [-0.39, 0.29) is 0 Å². The van der Waals surface area contributed by atoms with Crippen molar-refractivity contribution in [2.45, 2.75) is 22.9 Å². The number of hydrogen-bond donors (Lipinski definition) is 0. The van der Waals surface area contributed by atoms with Crippen LogP contribution in [0.4, 0.5) is 0 Å². The minimum atomic E-state index is 0.973. The van der Waals surface area contributed by atoms with Gasteiger partial charge in [0.2, 0.25) is 0 Å². The van der Waals surface area contributed by atoms with Crippen molar-refractivity contribution in [3.05, 3.63) is 59.7 Å². The summed E-state index contributed by atoms with van der Waals surface area (Å²) in [5.41, 5.74) is 2.74. The maximum atomic E-state index is 2.29. The Morgan fingerprint density at radius 2 is 1.52 bits per heavy atom. The SMILES string of the molecule is CN(C)Cc1cccc(Sc2ccccc2CN(C)C)c1. The van der Waals surface area contributed by atoms with Crippen LogP contribution in [0.3, 0.4) is 0 Å². The van der Waals surface area contributed by atoms with E-state index in [1.807, 2.05) is 11.8 Å². The minimum Gasteiger partial charge on any atom is -0.305 e. The first-order valence-corrected chi connectivity index (χ1v) is 8.00. The van der Waals surface area contributed by atoms with Crippen molar-refractivity contribution in [3.63, 3.8) is 0 Å². The molecule has 0 radical (unpaired) electrons. The summed E-state index contributed by atoms with van der Waals surface area (Å²) in [6, 6.07) is 17.5. The highest BCUT2D eigenvalue weighted by Crippen LogP contribution is 2.31. The Labute approximate surface area is 132 Å². The number of benzene rings is 2. The second kappa shape index (κ2) is 7.64. The van der Waals surface area contributed by atoms with E-state index in [2.05, 4.69) is 86.5 Å². The first-order chi connectivity index (χ1) is 10.0. The molecule has 112 valence electrons. The molecule has 2 nitrogen and oxygen atoms in total. The van der Waals surface area contributed by atoms with Crippen LogP contribution in [0, 0.1) is 0 Å². The van der Waals surface area contributed by atoms with E-state index < -0.39 is 0 Å². The normalized spacial score (nSPS) is 11.3. The molecule has 0 aromatic heterocycles. The van der Waals surface area contributed by atoms with E-state index in [0.717, 1.165) is 13.1 Å². The molecule has 21 heavy (non-hydrogen) atoms. The molecule has 0 atom stereocenters. The van der Waals surface area contributed by atoms with Crippen molar-refractivity contribution < 1.29 is 0 Å². The second-order valence-corrected chi connectivity index (χ2v) is 6.95. The maximum Gasteiger partial charge on any atom is 0.0238 e. The van der Waals surface area contributed by atoms with E-state index in [4.69, 9.17) is 0 Å². The third-order valence-electron chi connectivity index (χ3n) is 3.08. The fourth-order valence-electron chi connectivity index (χ4n) is 2.27. The Kier molecular flexibility index (Phi) is 5.85. The summed E-state index contributed by atoms with van der Waals surface area (Å²) in [6.07, 6.45) is 0. The summed E-state index contributed by atoms with van der Waals surface area (Å²) in [5, 5.41) is 0. The van der Waals surface area contributed by atoms with Crippen LogP contribution in [0.2, 0.25) is 0 Å². The molecule has 0 amide bonds. The lowest BCUT2D eigenvalue weighted by Crippen LogP contribution is -2.11. The first kappa shape index (κ1) is 16.1. The Morgan fingerprint density at radius 3 is 2.24 bits per heavy atom. The largest absolute Gasteiger partial charge is 0.305 e. The average molecular weight is 300 g/mol. The van der Waals surface area contributed by atoms with Crippen molar-refractivity contribution in [2.24, 2.45) is 0 Å². The van der Waals surface area contributed by atoms with Crippen molar-refractivity contribution in [2.75, 3.05) is 28.2 Å². The zero-order valence-corrected chi connectivity index (χ0v) is 14.2. The zero-order valence-electron chi connectivity index (χ0n) is 13.3. The number of nitrogens with zero attached hydrogens (tertiary/aromatic N) is 2. The molecule has 2 aromatic carbocycles. The monoisotopic (exact) mass is 300 g/mol. The molecule has 0 aliphatic heterocycles. The van der Waals surface area contributed by atoms with Crippen LogP contribution in [0.1, 0.15) is 11.1 Å². The van der Waals surface area contributed by atoms with Gasteiger partial charge in [-0.3, -0.25) is 0 Å². The molecule has 0 aliphatic rings. The van der Waals surface area contributed by atoms with Crippen LogP contribution < -0.4 is 0 Å². The predicted molar refractivity (Wildman–Crippen MR) is 91.8 cm³/mol. The van der Waals surface area contributed by atoms with E-state index in [1.54, 1.807) is 0 Å². The maximum absolute atomic E-state index is 2.29. The highest BCUT2D eigenvalue weighted by atomic mass is 32.2. The van der Waals surface area contributed by atoms with Gasteiger partial charge in [0.15, 0.2) is 0 Å². The molecule has 0 saturated heterocycles. The van der Waals surface area contributed by atoms with E-state index in [0.29, 0.717) is 0 Å². The lowest BCUT2D eigenvalue weighted by Gasteiger charge is -2.14. The van der Waals surface area contributed by atoms with Gasteiger partial charge in [-0.05, 0) is 57.5 Å². The number of rotatable bonds is 6. The average Bonchev–Trinajstić information content (AvgIpc) is 2.40. The molecular formula is C18H24N2S. The molecular weight excluding hydrogens is 276 g/mol. The van der Waals surface area contributed by atoms with Gasteiger partial charge in [-0.15, -0.1) is 0 Å². The summed E-state index contributed by atoms with van der Waals surface area (Å²) < 4.78 is 0. The summed E-state index contributed by atoms with van der Waals surface area (Å²) in [7, 11) is 8.43. The molecule has 0 saturated carbocycles. The van der Waals surface area contributed by atoms with Crippen LogP contribution in [-0.4, -0.2) is 38.0 Å². The van der Waals surface area contributed by atoms with E-state index in [1.165, 1.54) is 20.9 Å². The van der Waals surface area contributed by atoms with Gasteiger partial charge in [-0.25, -0.2) is 0 Å². The summed E-state index contributed by atoms with van der Waals surface area (Å²) in [4.78, 5) is 7.06. The van der Waals surface area contributed by atoms with E-state index in [9.17, 15) is 0 Å². The molecule has 0 spiro atoms. The van der Waals surface area contributed by atoms with Gasteiger partial charge >= 0.3 is 0 Å². The van der Waals surface area contributed by atoms with Gasteiger partial charge in [-0.2, -0.15) is 0 Å². The molecule has 2 rings (SSSR count). The standard InChI is InChI=1S/C18H24N2S/c1-19(2)13-15-8-7-10-17(12-15)21-18-11-6-5-9-16(18)14-20(3)4/h5-12H,13-14H2,1-4H3. The molecule has 0 aliphatic carbocycles. The first-order valence-electron chi connectivity index (χ1n) is 7.19. The Morgan fingerprint density at radius 1 is 0.810 bits per heavy atom. The zero-order chi connectivity index (χ0) is 15.2. The molecule has 3 heteroatoms. The van der Waals surface area contributed by atoms with Crippen molar-refractivity contribution in [1.82, 2.24) is 9.80 Å². The van der Waals surface area contributed by atoms with Crippen molar-refractivity contribution in [3.8, 4) is 0 Å². The molecule has 0 fully saturated rings. The quantitative estimate of drug-likeness (QED) is 0.797. The Bertz CT molecular complexity index is 579. The second-order valence-electron chi connectivity index (χ2n) is 5.83. The smallest absolute Gasteiger partial charge is 0.0238 e. The fraction of sp³-hybridized carbons (Fsp3) is 0.333. The van der Waals surface area contributed by atoms with Gasteiger partial charge in [0.25, 0.3) is 0 Å². The van der Waals surface area contributed by atoms with Gasteiger partial charge in [0.05, 0.1) is 0 Å². The Balaban J connectivity index is 2.18. The summed E-state index contributed by atoms with van der Waals surface area (Å²) >= 11 is 1.85.